The number of nitrogens with one attached hydrogen (secondary N) is 3. The van der Waals surface area contributed by atoms with Crippen molar-refractivity contribution in [3.05, 3.63) is 52.1 Å². The SMILES string of the molecule is Cc1cc(-n2ccc(NC(=O)N3CCN(C(=O)C(C)(C)NC(=O)OC(C)(C)C)CC3)nc2=O)ccc1CN1CCC(NC(=O)O)CC1. The van der Waals surface area contributed by atoms with Crippen molar-refractivity contribution in [2.45, 2.75) is 78.1 Å². The highest BCUT2D eigenvalue weighted by Gasteiger charge is 2.37. The third-order valence-corrected chi connectivity index (χ3v) is 8.15. The third kappa shape index (κ3) is 9.67. The summed E-state index contributed by atoms with van der Waals surface area (Å²) in [6, 6.07) is 6.86. The van der Waals surface area contributed by atoms with Gasteiger partial charge in [0, 0.05) is 58.1 Å². The van der Waals surface area contributed by atoms with Gasteiger partial charge in [0.1, 0.15) is 17.0 Å². The molecular formula is C32H46N8O7. The lowest BCUT2D eigenvalue weighted by Crippen LogP contribution is -2.60. The van der Waals surface area contributed by atoms with Gasteiger partial charge in [-0.3, -0.25) is 19.6 Å². The number of piperidine rings is 1. The first-order valence-corrected chi connectivity index (χ1v) is 15.8. The van der Waals surface area contributed by atoms with Crippen LogP contribution in [0.1, 0.15) is 58.6 Å². The maximum Gasteiger partial charge on any atom is 0.408 e. The summed E-state index contributed by atoms with van der Waals surface area (Å²) < 4.78 is 6.69. The van der Waals surface area contributed by atoms with Gasteiger partial charge in [-0.2, -0.15) is 4.98 Å². The molecule has 0 atom stereocenters. The highest BCUT2D eigenvalue weighted by Crippen LogP contribution is 2.20. The first-order valence-electron chi connectivity index (χ1n) is 15.8. The molecule has 3 heterocycles. The minimum atomic E-state index is -1.20. The molecule has 47 heavy (non-hydrogen) atoms. The Balaban J connectivity index is 1.29. The van der Waals surface area contributed by atoms with Crippen LogP contribution in [0.4, 0.5) is 20.2 Å². The Kier molecular flexibility index (Phi) is 10.8. The van der Waals surface area contributed by atoms with Crippen molar-refractivity contribution in [2.24, 2.45) is 0 Å². The van der Waals surface area contributed by atoms with Gasteiger partial charge in [0.25, 0.3) is 0 Å². The lowest BCUT2D eigenvalue weighted by atomic mass is 10.0. The Bertz CT molecular complexity index is 1530. The maximum atomic E-state index is 13.1. The van der Waals surface area contributed by atoms with Crippen LogP contribution >= 0.6 is 0 Å². The smallest absolute Gasteiger partial charge is 0.408 e. The molecule has 0 saturated carbocycles. The number of likely N-dealkylation sites (tertiary alicyclic amines) is 1. The summed E-state index contributed by atoms with van der Waals surface area (Å²) in [7, 11) is 0. The number of hydrogen-bond donors (Lipinski definition) is 4. The Morgan fingerprint density at radius 2 is 1.60 bits per heavy atom. The number of carbonyl (C=O) groups excluding carboxylic acids is 3. The molecule has 0 unspecified atom stereocenters. The number of hydrogen-bond acceptors (Lipinski definition) is 8. The van der Waals surface area contributed by atoms with E-state index in [1.54, 1.807) is 56.7 Å². The molecule has 2 aliphatic heterocycles. The third-order valence-electron chi connectivity index (χ3n) is 8.15. The number of aryl methyl sites for hydroxylation is 1. The van der Waals surface area contributed by atoms with Crippen LogP contribution in [0.5, 0.6) is 0 Å². The molecule has 256 valence electrons. The highest BCUT2D eigenvalue weighted by atomic mass is 16.6. The number of nitrogens with zero attached hydrogens (tertiary/aromatic N) is 5. The summed E-state index contributed by atoms with van der Waals surface area (Å²) in [5.74, 6) is -0.168. The van der Waals surface area contributed by atoms with Crippen molar-refractivity contribution in [2.75, 3.05) is 44.6 Å². The number of urea groups is 1. The monoisotopic (exact) mass is 654 g/mol. The molecule has 15 heteroatoms. The average Bonchev–Trinajstić information content (AvgIpc) is 2.97. The Hall–Kier alpha value is -4.66. The Labute approximate surface area is 274 Å². The quantitative estimate of drug-likeness (QED) is 0.349. The van der Waals surface area contributed by atoms with Gasteiger partial charge >= 0.3 is 23.9 Å². The number of alkyl carbamates (subject to hydrolysis) is 1. The van der Waals surface area contributed by atoms with E-state index in [9.17, 15) is 24.0 Å². The van der Waals surface area contributed by atoms with Crippen LogP contribution in [0.2, 0.25) is 0 Å². The number of rotatable bonds is 7. The van der Waals surface area contributed by atoms with Gasteiger partial charge in [-0.25, -0.2) is 19.2 Å². The number of carboxylic acid groups (broad SMARTS) is 1. The van der Waals surface area contributed by atoms with Gasteiger partial charge in [-0.05, 0) is 83.7 Å². The molecule has 2 saturated heterocycles. The zero-order valence-electron chi connectivity index (χ0n) is 28.0. The molecule has 0 bridgehead atoms. The van der Waals surface area contributed by atoms with Crippen LogP contribution in [0.3, 0.4) is 0 Å². The lowest BCUT2D eigenvalue weighted by Gasteiger charge is -2.38. The molecule has 2 aromatic rings. The van der Waals surface area contributed by atoms with Crippen molar-refractivity contribution in [1.29, 1.82) is 0 Å². The largest absolute Gasteiger partial charge is 0.465 e. The summed E-state index contributed by atoms with van der Waals surface area (Å²) in [5.41, 5.74) is 0.346. The fraction of sp³-hybridized carbons (Fsp3) is 0.562. The lowest BCUT2D eigenvalue weighted by molar-refractivity contribution is -0.138. The molecule has 1 aromatic heterocycles. The van der Waals surface area contributed by atoms with Crippen molar-refractivity contribution in [3.63, 3.8) is 0 Å². The van der Waals surface area contributed by atoms with Gasteiger partial charge in [0.2, 0.25) is 5.91 Å². The number of carbonyl (C=O) groups is 4. The number of ether oxygens (including phenoxy) is 1. The summed E-state index contributed by atoms with van der Waals surface area (Å²) in [5, 5.41) is 16.8. The number of benzene rings is 1. The maximum absolute atomic E-state index is 13.1. The molecule has 2 aliphatic rings. The van der Waals surface area contributed by atoms with E-state index in [4.69, 9.17) is 9.84 Å². The molecule has 0 aliphatic carbocycles. The average molecular weight is 655 g/mol. The van der Waals surface area contributed by atoms with Gasteiger partial charge in [-0.1, -0.05) is 6.07 Å². The molecule has 4 rings (SSSR count). The molecule has 0 spiro atoms. The predicted molar refractivity (Wildman–Crippen MR) is 175 cm³/mol. The molecule has 5 amide bonds. The Morgan fingerprint density at radius 3 is 2.17 bits per heavy atom. The fourth-order valence-electron chi connectivity index (χ4n) is 5.64. The standard InChI is InChI=1S/C32H46N8O7/c1-21-19-24(8-7-22(21)20-37-12-9-23(10-13-37)33-29(44)45)40-14-11-25(35-28(40)43)34-27(42)39-17-15-38(16-18-39)26(41)32(5,6)36-30(46)47-31(2,3)4/h7-8,11,14,19,23,33H,9-10,12-13,15-18,20H2,1-6H3,(H,36,46)(H,44,45)(H,34,35,42,43). The van der Waals surface area contributed by atoms with Crippen LogP contribution < -0.4 is 21.6 Å². The molecule has 1 aromatic carbocycles. The first-order chi connectivity index (χ1) is 22.0. The van der Waals surface area contributed by atoms with Crippen LogP contribution in [-0.4, -0.2) is 110 Å². The Morgan fingerprint density at radius 1 is 0.957 bits per heavy atom. The van der Waals surface area contributed by atoms with Crippen LogP contribution in [0, 0.1) is 6.92 Å². The molecule has 0 radical (unpaired) electrons. The van der Waals surface area contributed by atoms with Crippen LogP contribution in [-0.2, 0) is 16.1 Å². The zero-order valence-corrected chi connectivity index (χ0v) is 28.0. The summed E-state index contributed by atoms with van der Waals surface area (Å²) in [6.07, 6.45) is 1.41. The van der Waals surface area contributed by atoms with E-state index < -0.39 is 35.0 Å². The topological polar surface area (TPSA) is 178 Å². The van der Waals surface area contributed by atoms with Gasteiger partial charge in [-0.15, -0.1) is 0 Å². The van der Waals surface area contributed by atoms with E-state index in [1.165, 1.54) is 4.57 Å². The van der Waals surface area contributed by atoms with Gasteiger partial charge < -0.3 is 30.3 Å². The van der Waals surface area contributed by atoms with E-state index in [0.717, 1.165) is 43.6 Å². The van der Waals surface area contributed by atoms with Crippen molar-refractivity contribution in [3.8, 4) is 5.69 Å². The summed E-state index contributed by atoms with van der Waals surface area (Å²) >= 11 is 0. The van der Waals surface area contributed by atoms with Gasteiger partial charge in [0.05, 0.1) is 5.69 Å². The van der Waals surface area contributed by atoms with Crippen LogP contribution in [0.15, 0.2) is 35.3 Å². The van der Waals surface area contributed by atoms with E-state index in [2.05, 4.69) is 25.8 Å². The van der Waals surface area contributed by atoms with Gasteiger partial charge in [0.15, 0.2) is 0 Å². The number of piperazine rings is 1. The number of aromatic nitrogens is 2. The predicted octanol–water partition coefficient (Wildman–Crippen LogP) is 2.75. The van der Waals surface area contributed by atoms with E-state index in [1.807, 2.05) is 25.1 Å². The first kappa shape index (κ1) is 35.2. The second-order valence-electron chi connectivity index (χ2n) is 13.5. The zero-order chi connectivity index (χ0) is 34.5. The van der Waals surface area contributed by atoms with E-state index in [0.29, 0.717) is 5.69 Å². The van der Waals surface area contributed by atoms with Crippen molar-refractivity contribution in [1.82, 2.24) is 34.9 Å². The van der Waals surface area contributed by atoms with Crippen molar-refractivity contribution < 1.29 is 29.0 Å². The fourth-order valence-corrected chi connectivity index (χ4v) is 5.64. The van der Waals surface area contributed by atoms with Crippen molar-refractivity contribution >= 4 is 29.9 Å². The second kappa shape index (κ2) is 14.4. The summed E-state index contributed by atoms with van der Waals surface area (Å²) in [4.78, 5) is 71.6. The highest BCUT2D eigenvalue weighted by molar-refractivity contribution is 5.90. The molecule has 4 N–H and O–H groups in total. The summed E-state index contributed by atoms with van der Waals surface area (Å²) in [6.45, 7) is 13.8. The molecule has 2 fully saturated rings. The van der Waals surface area contributed by atoms with Crippen LogP contribution in [0.25, 0.3) is 5.69 Å². The number of amides is 5. The molecular weight excluding hydrogens is 608 g/mol. The minimum absolute atomic E-state index is 0.0193. The number of anilines is 1. The van der Waals surface area contributed by atoms with E-state index >= 15 is 0 Å². The van der Waals surface area contributed by atoms with E-state index in [-0.39, 0.29) is 43.9 Å². The second-order valence-corrected chi connectivity index (χ2v) is 13.5. The minimum Gasteiger partial charge on any atom is -0.465 e. The normalized spacial score (nSPS) is 16.4. The molecule has 15 nitrogen and oxygen atoms in total.